The van der Waals surface area contributed by atoms with Crippen LogP contribution in [0.4, 0.5) is 22.7 Å². The second-order valence-electron chi connectivity index (χ2n) is 19.0. The van der Waals surface area contributed by atoms with Crippen molar-refractivity contribution in [2.45, 2.75) is 49.9 Å². The summed E-state index contributed by atoms with van der Waals surface area (Å²) < 4.78 is 28.0. The molecule has 0 saturated carbocycles. The second kappa shape index (κ2) is 21.0. The van der Waals surface area contributed by atoms with Crippen LogP contribution in [0.2, 0.25) is 0 Å². The van der Waals surface area contributed by atoms with Crippen LogP contribution >= 0.6 is 0 Å². The zero-order valence-electron chi connectivity index (χ0n) is 41.7. The Hall–Kier alpha value is -7.23. The summed E-state index contributed by atoms with van der Waals surface area (Å²) in [5.74, 6) is 4.95. The van der Waals surface area contributed by atoms with Crippen LogP contribution in [0, 0.1) is 41.5 Å². The van der Waals surface area contributed by atoms with Gasteiger partial charge in [0, 0.05) is 0 Å². The zero-order chi connectivity index (χ0) is 48.9. The quantitative estimate of drug-likeness (QED) is 0.101. The molecule has 0 spiro atoms. The molecule has 2 fully saturated rings. The fourth-order valence-electron chi connectivity index (χ4n) is 10.6. The molecule has 2 aliphatic heterocycles. The molecule has 0 N–H and O–H groups in total. The van der Waals surface area contributed by atoms with Crippen molar-refractivity contribution in [1.29, 1.82) is 0 Å². The molecule has 2 heterocycles. The first-order valence-corrected chi connectivity index (χ1v) is 33.1. The fourth-order valence-corrected chi connectivity index (χ4v) is 23.2. The van der Waals surface area contributed by atoms with E-state index in [1.54, 1.807) is 0 Å². The molecular weight excluding hydrogens is 1040 g/mol. The maximum atomic E-state index is 6.76. The summed E-state index contributed by atoms with van der Waals surface area (Å²) in [5.41, 5.74) is 14.2. The van der Waals surface area contributed by atoms with Crippen LogP contribution in [-0.2, 0) is 28.9 Å². The molecular formula is C62H62HfN6O2. The molecule has 8 aromatic rings. The van der Waals surface area contributed by atoms with Gasteiger partial charge in [0.05, 0.1) is 0 Å². The Morgan fingerprint density at radius 3 is 1.06 bits per heavy atom. The molecule has 2 aliphatic rings. The summed E-state index contributed by atoms with van der Waals surface area (Å²) in [5, 5.41) is 0. The molecule has 9 heteroatoms. The summed E-state index contributed by atoms with van der Waals surface area (Å²) in [6.45, 7) is 16.2. The standard InChI is InChI=1S/2C24H24N3O.2C7H7.Hf/c2*1-17-15-18(2)23(19(3)16-17)27-14-13-26(24(27)25)21-11-7-8-12-22(21)28-20-9-5-4-6-10-20;2*1-7-5-3-2-4-6-7;/h2*4-12,15-16H,13-14H2,1-3H3;2*2-6H,1H2;/q2*-1;;;+2. The van der Waals surface area contributed by atoms with E-state index in [0.717, 1.165) is 67.7 Å². The third-order valence-corrected chi connectivity index (χ3v) is 24.8. The van der Waals surface area contributed by atoms with Gasteiger partial charge < -0.3 is 0 Å². The molecule has 356 valence electrons. The first-order chi connectivity index (χ1) is 34.6. The predicted molar refractivity (Wildman–Crippen MR) is 292 cm³/mol. The summed E-state index contributed by atoms with van der Waals surface area (Å²) in [7, 11) is 0. The summed E-state index contributed by atoms with van der Waals surface area (Å²) >= 11 is -4.86. The number of benzene rings is 8. The number of hydrogen-bond acceptors (Lipinski definition) is 4. The first kappa shape index (κ1) is 47.4. The van der Waals surface area contributed by atoms with E-state index in [4.69, 9.17) is 15.4 Å². The Kier molecular flexibility index (Phi) is 14.0. The van der Waals surface area contributed by atoms with E-state index in [9.17, 15) is 0 Å². The Morgan fingerprint density at radius 2 is 0.690 bits per heavy atom. The van der Waals surface area contributed by atoms with E-state index < -0.39 is 20.5 Å². The Labute approximate surface area is 425 Å². The van der Waals surface area contributed by atoms with E-state index >= 15 is 0 Å². The maximum absolute atomic E-state index is 6.76. The van der Waals surface area contributed by atoms with Gasteiger partial charge in [0.1, 0.15) is 0 Å². The average Bonchev–Trinajstić information content (AvgIpc) is 3.95. The third-order valence-electron chi connectivity index (χ3n) is 13.4. The van der Waals surface area contributed by atoms with Gasteiger partial charge in [-0.05, 0) is 0 Å². The topological polar surface area (TPSA) is 56.1 Å². The molecule has 8 aromatic carbocycles. The van der Waals surface area contributed by atoms with E-state index in [0.29, 0.717) is 13.1 Å². The molecule has 0 radical (unpaired) electrons. The van der Waals surface area contributed by atoms with Crippen LogP contribution in [0.1, 0.15) is 44.5 Å². The van der Waals surface area contributed by atoms with Crippen molar-refractivity contribution in [3.8, 4) is 23.0 Å². The normalized spacial score (nSPS) is 15.0. The summed E-state index contributed by atoms with van der Waals surface area (Å²) in [6.07, 6.45) is 0. The van der Waals surface area contributed by atoms with E-state index in [2.05, 4.69) is 195 Å². The van der Waals surface area contributed by atoms with Gasteiger partial charge in [-0.15, -0.1) is 0 Å². The number of para-hydroxylation sites is 6. The van der Waals surface area contributed by atoms with Gasteiger partial charge in [-0.2, -0.15) is 0 Å². The number of aryl methyl sites for hydroxylation is 6. The fraction of sp³-hybridized carbons (Fsp3) is 0.194. The number of rotatable bonds is 14. The number of nitrogens with zero attached hydrogens (tertiary/aromatic N) is 6. The van der Waals surface area contributed by atoms with Crippen LogP contribution < -0.4 is 29.1 Å². The molecule has 71 heavy (non-hydrogen) atoms. The number of anilines is 4. The summed E-state index contributed by atoms with van der Waals surface area (Å²) in [6, 6.07) is 68.1. The molecule has 0 aliphatic carbocycles. The monoisotopic (exact) mass is 1100 g/mol. The first-order valence-electron chi connectivity index (χ1n) is 24.8. The van der Waals surface area contributed by atoms with Gasteiger partial charge in [-0.1, -0.05) is 0 Å². The molecule has 8 nitrogen and oxygen atoms in total. The molecule has 0 aromatic heterocycles. The van der Waals surface area contributed by atoms with Crippen LogP contribution in [0.25, 0.3) is 0 Å². The minimum atomic E-state index is -4.86. The third kappa shape index (κ3) is 10.5. The van der Waals surface area contributed by atoms with Crippen molar-refractivity contribution >= 4 is 34.7 Å². The van der Waals surface area contributed by atoms with Crippen molar-refractivity contribution in [1.82, 2.24) is 0 Å². The van der Waals surface area contributed by atoms with Crippen molar-refractivity contribution in [2.75, 3.05) is 45.8 Å². The van der Waals surface area contributed by atoms with E-state index in [1.807, 2.05) is 60.7 Å². The van der Waals surface area contributed by atoms with Gasteiger partial charge in [0.15, 0.2) is 0 Å². The summed E-state index contributed by atoms with van der Waals surface area (Å²) in [4.78, 5) is 9.78. The van der Waals surface area contributed by atoms with Gasteiger partial charge in [-0.3, -0.25) is 0 Å². The van der Waals surface area contributed by atoms with Gasteiger partial charge in [0.25, 0.3) is 0 Å². The Bertz CT molecular complexity index is 2940. The SMILES string of the molecule is Cc1cc(C)c(N2CCN(c3ccccc3Oc3ccccc3)/C2=[N]/[Hf]([CH2]c2ccccc2)([CH2]c2ccccc2)/[N]=C2/N(c3ccccc3Oc3ccccc3)CCN2c2c(C)cc(C)cc2C)c(C)c1. The Balaban J connectivity index is 1.26. The molecule has 0 atom stereocenters. The van der Waals surface area contributed by atoms with Crippen LogP contribution in [0.3, 0.4) is 0 Å². The molecule has 0 amide bonds. The van der Waals surface area contributed by atoms with E-state index in [1.165, 1.54) is 55.9 Å². The number of guanidine groups is 2. The molecule has 0 bridgehead atoms. The van der Waals surface area contributed by atoms with Crippen molar-refractivity contribution in [2.24, 2.45) is 5.96 Å². The van der Waals surface area contributed by atoms with Crippen molar-refractivity contribution in [3.63, 3.8) is 0 Å². The second-order valence-corrected chi connectivity index (χ2v) is 30.2. The number of hydrogen-bond donors (Lipinski definition) is 0. The zero-order valence-corrected chi connectivity index (χ0v) is 45.3. The van der Waals surface area contributed by atoms with Crippen molar-refractivity contribution in [3.05, 3.63) is 239 Å². The minimum absolute atomic E-state index is 0.710. The number of ether oxygens (including phenoxy) is 2. The van der Waals surface area contributed by atoms with E-state index in [-0.39, 0.29) is 0 Å². The van der Waals surface area contributed by atoms with Crippen LogP contribution in [0.15, 0.2) is 200 Å². The van der Waals surface area contributed by atoms with Crippen LogP contribution in [-0.4, -0.2) is 38.1 Å². The molecule has 0 unspecified atom stereocenters. The molecule has 10 rings (SSSR count). The van der Waals surface area contributed by atoms with Crippen LogP contribution in [0.5, 0.6) is 23.0 Å². The van der Waals surface area contributed by atoms with Gasteiger partial charge in [-0.25, -0.2) is 0 Å². The average molecular weight is 1100 g/mol. The van der Waals surface area contributed by atoms with Gasteiger partial charge in [0.2, 0.25) is 0 Å². The predicted octanol–water partition coefficient (Wildman–Crippen LogP) is 14.6. The van der Waals surface area contributed by atoms with Gasteiger partial charge >= 0.3 is 428 Å². The Morgan fingerprint density at radius 1 is 0.380 bits per heavy atom. The van der Waals surface area contributed by atoms with Crippen molar-refractivity contribution < 1.29 is 30.0 Å². The molecule has 2 saturated heterocycles.